The summed E-state index contributed by atoms with van der Waals surface area (Å²) in [6.45, 7) is 3.96. The molecule has 14 heavy (non-hydrogen) atoms. The molecule has 1 aromatic rings. The zero-order valence-electron chi connectivity index (χ0n) is 8.52. The first kappa shape index (κ1) is 10.5. The minimum atomic E-state index is -0.433. The molecule has 0 unspecified atom stereocenters. The largest absolute Gasteiger partial charge is 0.360 e. The van der Waals surface area contributed by atoms with E-state index in [9.17, 15) is 10.1 Å². The van der Waals surface area contributed by atoms with Crippen molar-refractivity contribution in [3.05, 3.63) is 16.3 Å². The maximum absolute atomic E-state index is 10.6. The molecule has 6 heteroatoms. The van der Waals surface area contributed by atoms with E-state index >= 15 is 0 Å². The van der Waals surface area contributed by atoms with Crippen molar-refractivity contribution in [3.63, 3.8) is 0 Å². The summed E-state index contributed by atoms with van der Waals surface area (Å²) >= 11 is 0. The van der Waals surface area contributed by atoms with Gasteiger partial charge in [0.1, 0.15) is 6.20 Å². The molecule has 0 radical (unpaired) electrons. The molecule has 0 saturated heterocycles. The Morgan fingerprint density at radius 3 is 2.93 bits per heavy atom. The second kappa shape index (κ2) is 4.08. The molecule has 0 saturated carbocycles. The quantitative estimate of drug-likeness (QED) is 0.588. The molecular weight excluding hydrogens is 184 g/mol. The molecule has 0 aliphatic carbocycles. The average Bonchev–Trinajstić information content (AvgIpc) is 2.46. The van der Waals surface area contributed by atoms with Gasteiger partial charge in [-0.2, -0.15) is 0 Å². The van der Waals surface area contributed by atoms with E-state index < -0.39 is 4.92 Å². The Balaban J connectivity index is 2.89. The molecule has 0 fully saturated rings. The predicted octanol–water partition coefficient (Wildman–Crippen LogP) is 1.54. The third-order valence-corrected chi connectivity index (χ3v) is 2.00. The van der Waals surface area contributed by atoms with Crippen LogP contribution in [-0.4, -0.2) is 20.7 Å². The van der Waals surface area contributed by atoms with Crippen molar-refractivity contribution in [1.82, 2.24) is 9.78 Å². The van der Waals surface area contributed by atoms with E-state index in [2.05, 4.69) is 10.4 Å². The first-order chi connectivity index (χ1) is 6.54. The summed E-state index contributed by atoms with van der Waals surface area (Å²) in [5, 5.41) is 17.6. The van der Waals surface area contributed by atoms with Crippen LogP contribution >= 0.6 is 0 Å². The number of hydrogen-bond acceptors (Lipinski definition) is 4. The van der Waals surface area contributed by atoms with Crippen LogP contribution in [0.15, 0.2) is 6.20 Å². The molecule has 1 N–H and O–H groups in total. The van der Waals surface area contributed by atoms with E-state index in [4.69, 9.17) is 0 Å². The number of nitrogens with one attached hydrogen (secondary N) is 1. The third-order valence-electron chi connectivity index (χ3n) is 2.00. The highest BCUT2D eigenvalue weighted by Crippen LogP contribution is 2.22. The number of aromatic nitrogens is 2. The van der Waals surface area contributed by atoms with Crippen molar-refractivity contribution >= 4 is 11.5 Å². The van der Waals surface area contributed by atoms with Gasteiger partial charge in [-0.15, -0.1) is 5.10 Å². The highest BCUT2D eigenvalue weighted by atomic mass is 16.6. The van der Waals surface area contributed by atoms with E-state index in [1.807, 2.05) is 13.8 Å². The highest BCUT2D eigenvalue weighted by molar-refractivity contribution is 5.54. The molecule has 78 valence electrons. The topological polar surface area (TPSA) is 73.0 Å². The van der Waals surface area contributed by atoms with E-state index in [0.29, 0.717) is 5.82 Å². The normalized spacial score (nSPS) is 12.5. The Morgan fingerprint density at radius 2 is 2.43 bits per heavy atom. The van der Waals surface area contributed by atoms with Gasteiger partial charge in [-0.1, -0.05) is 6.92 Å². The van der Waals surface area contributed by atoms with Crippen LogP contribution in [0.25, 0.3) is 0 Å². The second-order valence-corrected chi connectivity index (χ2v) is 3.25. The fraction of sp³-hybridized carbons (Fsp3) is 0.625. The maximum atomic E-state index is 10.6. The first-order valence-corrected chi connectivity index (χ1v) is 4.49. The van der Waals surface area contributed by atoms with Crippen LogP contribution in [0, 0.1) is 10.1 Å². The zero-order chi connectivity index (χ0) is 10.7. The molecule has 1 heterocycles. The summed E-state index contributed by atoms with van der Waals surface area (Å²) in [5.41, 5.74) is 0.0211. The third kappa shape index (κ3) is 2.21. The molecule has 1 aromatic heterocycles. The first-order valence-electron chi connectivity index (χ1n) is 4.49. The van der Waals surface area contributed by atoms with Gasteiger partial charge in [0.05, 0.1) is 4.92 Å². The van der Waals surface area contributed by atoms with Crippen LogP contribution in [0.1, 0.15) is 20.3 Å². The van der Waals surface area contributed by atoms with Crippen LogP contribution in [0.3, 0.4) is 0 Å². The zero-order valence-corrected chi connectivity index (χ0v) is 8.52. The van der Waals surface area contributed by atoms with Crippen LogP contribution < -0.4 is 5.32 Å². The Bertz CT molecular complexity index is 334. The van der Waals surface area contributed by atoms with E-state index in [0.717, 1.165) is 6.42 Å². The number of hydrogen-bond donors (Lipinski definition) is 1. The molecule has 0 aliphatic rings. The Morgan fingerprint density at radius 1 is 1.79 bits per heavy atom. The highest BCUT2D eigenvalue weighted by Gasteiger charge is 2.18. The fourth-order valence-corrected chi connectivity index (χ4v) is 1.05. The lowest BCUT2D eigenvalue weighted by Gasteiger charge is -2.08. The molecule has 1 rings (SSSR count). The lowest BCUT2D eigenvalue weighted by Crippen LogP contribution is -2.14. The molecule has 0 bridgehead atoms. The van der Waals surface area contributed by atoms with Gasteiger partial charge in [-0.05, 0) is 13.3 Å². The number of rotatable bonds is 4. The molecule has 0 amide bonds. The van der Waals surface area contributed by atoms with E-state index in [1.165, 1.54) is 10.9 Å². The van der Waals surface area contributed by atoms with Crippen molar-refractivity contribution in [2.45, 2.75) is 26.3 Å². The lowest BCUT2D eigenvalue weighted by atomic mass is 10.2. The van der Waals surface area contributed by atoms with Gasteiger partial charge in [-0.3, -0.25) is 14.8 Å². The number of nitrogens with zero attached hydrogens (tertiary/aromatic N) is 3. The lowest BCUT2D eigenvalue weighted by molar-refractivity contribution is -0.384. The van der Waals surface area contributed by atoms with Gasteiger partial charge in [-0.25, -0.2) is 0 Å². The van der Waals surface area contributed by atoms with Gasteiger partial charge < -0.3 is 5.32 Å². The smallest absolute Gasteiger partial charge is 0.330 e. The van der Waals surface area contributed by atoms with Crippen molar-refractivity contribution in [3.8, 4) is 0 Å². The maximum Gasteiger partial charge on any atom is 0.330 e. The van der Waals surface area contributed by atoms with Gasteiger partial charge >= 0.3 is 5.69 Å². The number of aryl methyl sites for hydroxylation is 1. The van der Waals surface area contributed by atoms with Crippen molar-refractivity contribution in [1.29, 1.82) is 0 Å². The van der Waals surface area contributed by atoms with Crippen LogP contribution in [0.5, 0.6) is 0 Å². The van der Waals surface area contributed by atoms with Crippen LogP contribution in [0.2, 0.25) is 0 Å². The molecule has 0 aromatic carbocycles. The Labute approximate surface area is 82.1 Å². The average molecular weight is 198 g/mol. The number of nitro groups is 1. The van der Waals surface area contributed by atoms with Crippen LogP contribution in [-0.2, 0) is 7.05 Å². The van der Waals surface area contributed by atoms with Crippen LogP contribution in [0.4, 0.5) is 11.5 Å². The van der Waals surface area contributed by atoms with Gasteiger partial charge in [0.15, 0.2) is 0 Å². The Kier molecular flexibility index (Phi) is 3.06. The van der Waals surface area contributed by atoms with Gasteiger partial charge in [0.2, 0.25) is 5.82 Å². The van der Waals surface area contributed by atoms with Gasteiger partial charge in [0, 0.05) is 13.1 Å². The van der Waals surface area contributed by atoms with Crippen molar-refractivity contribution < 1.29 is 4.92 Å². The standard InChI is InChI=1S/C8H14N4O2/c1-4-6(2)9-8-7(12(13)14)5-11(3)10-8/h5-6H,4H2,1-3H3,(H,9,10)/t6-/m1/s1. The molecular formula is C8H14N4O2. The Hall–Kier alpha value is -1.59. The summed E-state index contributed by atoms with van der Waals surface area (Å²) in [6.07, 6.45) is 2.29. The second-order valence-electron chi connectivity index (χ2n) is 3.25. The predicted molar refractivity (Wildman–Crippen MR) is 53.2 cm³/mol. The summed E-state index contributed by atoms with van der Waals surface area (Å²) in [7, 11) is 1.66. The van der Waals surface area contributed by atoms with Crippen molar-refractivity contribution in [2.24, 2.45) is 7.05 Å². The fourth-order valence-electron chi connectivity index (χ4n) is 1.05. The summed E-state index contributed by atoms with van der Waals surface area (Å²) < 4.78 is 1.43. The van der Waals surface area contributed by atoms with Gasteiger partial charge in [0.25, 0.3) is 0 Å². The molecule has 6 nitrogen and oxygen atoms in total. The minimum Gasteiger partial charge on any atom is -0.360 e. The van der Waals surface area contributed by atoms with E-state index in [-0.39, 0.29) is 11.7 Å². The SMILES string of the molecule is CC[C@@H](C)Nc1nn(C)cc1[N+](=O)[O-]. The molecule has 0 aliphatic heterocycles. The molecule has 1 atom stereocenters. The monoisotopic (exact) mass is 198 g/mol. The number of anilines is 1. The molecule has 0 spiro atoms. The summed E-state index contributed by atoms with van der Waals surface area (Å²) in [5.74, 6) is 0.340. The van der Waals surface area contributed by atoms with Crippen molar-refractivity contribution in [2.75, 3.05) is 5.32 Å². The van der Waals surface area contributed by atoms with E-state index in [1.54, 1.807) is 7.05 Å². The minimum absolute atomic E-state index is 0.0211. The summed E-state index contributed by atoms with van der Waals surface area (Å²) in [4.78, 5) is 10.2. The summed E-state index contributed by atoms with van der Waals surface area (Å²) in [6, 6.07) is 0.184.